The van der Waals surface area contributed by atoms with E-state index in [0.717, 1.165) is 32.6 Å². The number of carbonyl (C=O) groups is 1. The number of ether oxygens (including phenoxy) is 3. The largest absolute Gasteiger partial charge is 0.468 e. The molecule has 0 aromatic rings. The molecule has 0 aromatic heterocycles. The Balaban J connectivity index is 2.19. The molecular weight excluding hydrogens is 222 g/mol. The number of hydrogen-bond acceptors (Lipinski definition) is 5. The molecule has 2 unspecified atom stereocenters. The Labute approximate surface area is 103 Å². The molecule has 5 nitrogen and oxygen atoms in total. The van der Waals surface area contributed by atoms with E-state index >= 15 is 0 Å². The first-order chi connectivity index (χ1) is 8.27. The molecule has 100 valence electrons. The van der Waals surface area contributed by atoms with Gasteiger partial charge in [-0.05, 0) is 19.4 Å². The molecule has 0 aromatic carbocycles. The van der Waals surface area contributed by atoms with Gasteiger partial charge in [-0.1, -0.05) is 6.92 Å². The lowest BCUT2D eigenvalue weighted by Gasteiger charge is -2.17. The first-order valence-electron chi connectivity index (χ1n) is 6.24. The molecule has 0 bridgehead atoms. The molecule has 1 saturated heterocycles. The van der Waals surface area contributed by atoms with Crippen molar-refractivity contribution in [3.8, 4) is 0 Å². The van der Waals surface area contributed by atoms with Crippen LogP contribution in [-0.4, -0.2) is 52.1 Å². The number of hydrogen-bond donors (Lipinski definition) is 1. The molecule has 1 fully saturated rings. The fourth-order valence-corrected chi connectivity index (χ4v) is 1.74. The normalized spacial score (nSPS) is 21.4. The maximum absolute atomic E-state index is 11.5. The average molecular weight is 245 g/mol. The van der Waals surface area contributed by atoms with Gasteiger partial charge in [-0.25, -0.2) is 0 Å². The fourth-order valence-electron chi connectivity index (χ4n) is 1.74. The summed E-state index contributed by atoms with van der Waals surface area (Å²) in [7, 11) is 1.40. The van der Waals surface area contributed by atoms with E-state index in [1.807, 2.05) is 0 Å². The van der Waals surface area contributed by atoms with Crippen molar-refractivity contribution in [3.63, 3.8) is 0 Å². The van der Waals surface area contributed by atoms with Gasteiger partial charge in [-0.3, -0.25) is 4.79 Å². The lowest BCUT2D eigenvalue weighted by molar-refractivity contribution is -0.145. The van der Waals surface area contributed by atoms with Crippen molar-refractivity contribution in [3.05, 3.63) is 0 Å². The Morgan fingerprint density at radius 2 is 2.41 bits per heavy atom. The van der Waals surface area contributed by atoms with Crippen molar-refractivity contribution in [2.45, 2.75) is 25.8 Å². The van der Waals surface area contributed by atoms with E-state index in [9.17, 15) is 4.79 Å². The van der Waals surface area contributed by atoms with E-state index in [1.54, 1.807) is 0 Å². The third-order valence-electron chi connectivity index (χ3n) is 2.79. The van der Waals surface area contributed by atoms with Gasteiger partial charge in [-0.2, -0.15) is 0 Å². The lowest BCUT2D eigenvalue weighted by atomic mass is 10.1. The molecule has 1 aliphatic heterocycles. The van der Waals surface area contributed by atoms with Crippen LogP contribution in [0.4, 0.5) is 0 Å². The monoisotopic (exact) mass is 245 g/mol. The van der Waals surface area contributed by atoms with Crippen LogP contribution in [0.25, 0.3) is 0 Å². The van der Waals surface area contributed by atoms with Crippen molar-refractivity contribution in [2.75, 3.05) is 40.1 Å². The molecule has 0 saturated carbocycles. The maximum atomic E-state index is 11.5. The van der Waals surface area contributed by atoms with Crippen molar-refractivity contribution < 1.29 is 19.0 Å². The molecular formula is C12H23NO4. The van der Waals surface area contributed by atoms with E-state index in [2.05, 4.69) is 12.2 Å². The zero-order chi connectivity index (χ0) is 12.5. The van der Waals surface area contributed by atoms with Crippen molar-refractivity contribution in [1.82, 2.24) is 5.32 Å². The van der Waals surface area contributed by atoms with E-state index in [4.69, 9.17) is 14.2 Å². The summed E-state index contributed by atoms with van der Waals surface area (Å²) in [5.41, 5.74) is 0. The number of nitrogens with one attached hydrogen (secondary N) is 1. The molecule has 1 N–H and O–H groups in total. The van der Waals surface area contributed by atoms with Crippen LogP contribution in [-0.2, 0) is 19.0 Å². The summed E-state index contributed by atoms with van der Waals surface area (Å²) >= 11 is 0. The Morgan fingerprint density at radius 3 is 3.00 bits per heavy atom. The predicted octanol–water partition coefficient (Wildman–Crippen LogP) is 0.581. The molecule has 0 radical (unpaired) electrons. The van der Waals surface area contributed by atoms with Gasteiger partial charge < -0.3 is 19.5 Å². The smallest absolute Gasteiger partial charge is 0.325 e. The topological polar surface area (TPSA) is 56.8 Å². The van der Waals surface area contributed by atoms with E-state index in [0.29, 0.717) is 19.1 Å². The van der Waals surface area contributed by atoms with Crippen LogP contribution in [0, 0.1) is 5.92 Å². The molecule has 0 spiro atoms. The maximum Gasteiger partial charge on any atom is 0.325 e. The van der Waals surface area contributed by atoms with Crippen LogP contribution >= 0.6 is 0 Å². The highest BCUT2D eigenvalue weighted by molar-refractivity contribution is 5.75. The minimum atomic E-state index is -0.359. The SMILES string of the molecule is CCCNC(COCC1CCOC1)C(=O)OC. The van der Waals surface area contributed by atoms with Gasteiger partial charge in [-0.15, -0.1) is 0 Å². The van der Waals surface area contributed by atoms with Gasteiger partial charge in [0.05, 0.1) is 26.9 Å². The molecule has 1 heterocycles. The van der Waals surface area contributed by atoms with Gasteiger partial charge in [0, 0.05) is 12.5 Å². The average Bonchev–Trinajstić information content (AvgIpc) is 2.85. The summed E-state index contributed by atoms with van der Waals surface area (Å²) in [5, 5.41) is 3.11. The summed E-state index contributed by atoms with van der Waals surface area (Å²) in [5.74, 6) is 0.209. The summed E-state index contributed by atoms with van der Waals surface area (Å²) in [6, 6.07) is -0.359. The fraction of sp³-hybridized carbons (Fsp3) is 0.917. The molecule has 0 amide bonds. The summed E-state index contributed by atoms with van der Waals surface area (Å²) in [6.45, 7) is 5.45. The van der Waals surface area contributed by atoms with Crippen LogP contribution in [0.1, 0.15) is 19.8 Å². The van der Waals surface area contributed by atoms with Gasteiger partial charge in [0.25, 0.3) is 0 Å². The highest BCUT2D eigenvalue weighted by Gasteiger charge is 2.20. The second-order valence-corrected chi connectivity index (χ2v) is 4.30. The molecule has 5 heteroatoms. The third-order valence-corrected chi connectivity index (χ3v) is 2.79. The Morgan fingerprint density at radius 1 is 1.59 bits per heavy atom. The van der Waals surface area contributed by atoms with Crippen molar-refractivity contribution in [2.24, 2.45) is 5.92 Å². The first kappa shape index (κ1) is 14.4. The summed E-state index contributed by atoms with van der Waals surface area (Å²) in [4.78, 5) is 11.5. The van der Waals surface area contributed by atoms with Crippen LogP contribution in [0.5, 0.6) is 0 Å². The molecule has 1 rings (SSSR count). The number of carbonyl (C=O) groups excluding carboxylic acids is 1. The summed E-state index contributed by atoms with van der Waals surface area (Å²) < 4.78 is 15.5. The molecule has 2 atom stereocenters. The minimum absolute atomic E-state index is 0.263. The van der Waals surface area contributed by atoms with Crippen LogP contribution in [0.15, 0.2) is 0 Å². The molecule has 17 heavy (non-hydrogen) atoms. The minimum Gasteiger partial charge on any atom is -0.468 e. The standard InChI is InChI=1S/C12H23NO4/c1-3-5-13-11(12(14)15-2)9-17-8-10-4-6-16-7-10/h10-11,13H,3-9H2,1-2H3. The summed E-state index contributed by atoms with van der Waals surface area (Å²) in [6.07, 6.45) is 2.02. The second-order valence-electron chi connectivity index (χ2n) is 4.30. The lowest BCUT2D eigenvalue weighted by Crippen LogP contribution is -2.42. The Bertz CT molecular complexity index is 217. The van der Waals surface area contributed by atoms with Crippen LogP contribution < -0.4 is 5.32 Å². The Kier molecular flexibility index (Phi) is 7.16. The predicted molar refractivity (Wildman–Crippen MR) is 63.8 cm³/mol. The van der Waals surface area contributed by atoms with Crippen LogP contribution in [0.2, 0.25) is 0 Å². The van der Waals surface area contributed by atoms with Crippen LogP contribution in [0.3, 0.4) is 0 Å². The highest BCUT2D eigenvalue weighted by Crippen LogP contribution is 2.12. The van der Waals surface area contributed by atoms with Crippen molar-refractivity contribution in [1.29, 1.82) is 0 Å². The number of esters is 1. The van der Waals surface area contributed by atoms with Gasteiger partial charge >= 0.3 is 5.97 Å². The quantitative estimate of drug-likeness (QED) is 0.634. The Hall–Kier alpha value is -0.650. The number of rotatable bonds is 8. The second kappa shape index (κ2) is 8.44. The van der Waals surface area contributed by atoms with Gasteiger partial charge in [0.2, 0.25) is 0 Å². The van der Waals surface area contributed by atoms with E-state index in [1.165, 1.54) is 7.11 Å². The first-order valence-corrected chi connectivity index (χ1v) is 6.24. The molecule has 1 aliphatic rings. The highest BCUT2D eigenvalue weighted by atomic mass is 16.5. The zero-order valence-electron chi connectivity index (χ0n) is 10.7. The molecule has 0 aliphatic carbocycles. The van der Waals surface area contributed by atoms with Crippen molar-refractivity contribution >= 4 is 5.97 Å². The van der Waals surface area contributed by atoms with E-state index < -0.39 is 0 Å². The number of methoxy groups -OCH3 is 1. The van der Waals surface area contributed by atoms with Gasteiger partial charge in [0.15, 0.2) is 0 Å². The van der Waals surface area contributed by atoms with E-state index in [-0.39, 0.29) is 12.0 Å². The third kappa shape index (κ3) is 5.48. The zero-order valence-corrected chi connectivity index (χ0v) is 10.7. The van der Waals surface area contributed by atoms with Gasteiger partial charge in [0.1, 0.15) is 6.04 Å².